The molecule has 0 radical (unpaired) electrons. The quantitative estimate of drug-likeness (QED) is 0.898. The Kier molecular flexibility index (Phi) is 4.18. The lowest BCUT2D eigenvalue weighted by molar-refractivity contribution is -0.313. The number of aliphatic carboxylic acids is 1. The Morgan fingerprint density at radius 3 is 2.45 bits per heavy atom. The Hall–Kier alpha value is -2.24. The summed E-state index contributed by atoms with van der Waals surface area (Å²) in [6, 6.07) is 5.16. The van der Waals surface area contributed by atoms with Crippen molar-refractivity contribution in [1.29, 1.82) is 0 Å². The highest BCUT2D eigenvalue weighted by Crippen LogP contribution is 2.34. The molecule has 6 nitrogen and oxygen atoms in total. The third-order valence-electron chi connectivity index (χ3n) is 4.22. The molecule has 0 unspecified atom stereocenters. The van der Waals surface area contributed by atoms with Crippen LogP contribution in [0.4, 0.5) is 5.69 Å². The number of anilines is 1. The molecule has 0 spiro atoms. The third kappa shape index (κ3) is 3.00. The topological polar surface area (TPSA) is 87.7 Å². The highest BCUT2D eigenvalue weighted by Gasteiger charge is 2.31. The van der Waals surface area contributed by atoms with Crippen LogP contribution >= 0.6 is 0 Å². The van der Waals surface area contributed by atoms with Crippen LogP contribution in [0.15, 0.2) is 18.2 Å². The Balaban J connectivity index is 1.71. The number of hydrogen-bond acceptors (Lipinski definition) is 5. The second-order valence-electron chi connectivity index (χ2n) is 5.66. The number of ether oxygens (including phenoxy) is 2. The first-order valence-corrected chi connectivity index (χ1v) is 7.56. The van der Waals surface area contributed by atoms with Crippen LogP contribution < -0.4 is 19.9 Å². The van der Waals surface area contributed by atoms with E-state index in [2.05, 4.69) is 5.32 Å². The number of amides is 1. The van der Waals surface area contributed by atoms with E-state index in [0.29, 0.717) is 43.2 Å². The third-order valence-corrected chi connectivity index (χ3v) is 4.22. The normalized spacial score (nSPS) is 23.6. The lowest BCUT2D eigenvalue weighted by Gasteiger charge is -2.31. The summed E-state index contributed by atoms with van der Waals surface area (Å²) >= 11 is 0. The summed E-state index contributed by atoms with van der Waals surface area (Å²) in [4.78, 5) is 23.6. The molecule has 1 N–H and O–H groups in total. The molecule has 1 aromatic rings. The van der Waals surface area contributed by atoms with Gasteiger partial charge >= 0.3 is 0 Å². The Bertz CT molecular complexity index is 586. The van der Waals surface area contributed by atoms with Gasteiger partial charge in [-0.15, -0.1) is 0 Å². The number of hydrogen-bond donors (Lipinski definition) is 1. The van der Waals surface area contributed by atoms with Gasteiger partial charge in [0.25, 0.3) is 0 Å². The van der Waals surface area contributed by atoms with Crippen molar-refractivity contribution >= 4 is 17.6 Å². The van der Waals surface area contributed by atoms with E-state index >= 15 is 0 Å². The Morgan fingerprint density at radius 2 is 1.73 bits per heavy atom. The van der Waals surface area contributed by atoms with Crippen LogP contribution in [0.3, 0.4) is 0 Å². The van der Waals surface area contributed by atoms with Crippen molar-refractivity contribution in [3.8, 4) is 11.5 Å². The highest BCUT2D eigenvalue weighted by atomic mass is 16.6. The minimum absolute atomic E-state index is 0.273. The molecule has 1 fully saturated rings. The minimum Gasteiger partial charge on any atom is -0.550 e. The summed E-state index contributed by atoms with van der Waals surface area (Å²) in [6.45, 7) is 0.980. The maximum atomic E-state index is 12.4. The summed E-state index contributed by atoms with van der Waals surface area (Å²) in [6.07, 6.45) is 2.77. The van der Waals surface area contributed by atoms with E-state index in [1.165, 1.54) is 0 Å². The molecule has 3 rings (SSSR count). The van der Waals surface area contributed by atoms with Gasteiger partial charge in [-0.3, -0.25) is 4.79 Å². The van der Waals surface area contributed by atoms with Gasteiger partial charge in [0, 0.05) is 29.6 Å². The van der Waals surface area contributed by atoms with Crippen LogP contribution in [0.25, 0.3) is 0 Å². The average molecular weight is 304 g/mol. The number of nitrogens with one attached hydrogen (secondary N) is 1. The van der Waals surface area contributed by atoms with Crippen LogP contribution in [0.1, 0.15) is 25.7 Å². The van der Waals surface area contributed by atoms with Gasteiger partial charge in [0.2, 0.25) is 5.91 Å². The molecule has 2 atom stereocenters. The van der Waals surface area contributed by atoms with Crippen LogP contribution in [0.5, 0.6) is 11.5 Å². The molecule has 1 aliphatic carbocycles. The van der Waals surface area contributed by atoms with Crippen molar-refractivity contribution in [2.24, 2.45) is 11.8 Å². The minimum atomic E-state index is -1.14. The van der Waals surface area contributed by atoms with Crippen LogP contribution in [-0.4, -0.2) is 25.1 Å². The maximum absolute atomic E-state index is 12.4. The SMILES string of the molecule is O=C([O-])[C@H]1CCCC[C@@H]1C(=O)Nc1ccc2c(c1)OCCO2. The fourth-order valence-electron chi connectivity index (χ4n) is 3.08. The van der Waals surface area contributed by atoms with Gasteiger partial charge in [0.05, 0.1) is 0 Å². The van der Waals surface area contributed by atoms with E-state index in [1.54, 1.807) is 18.2 Å². The van der Waals surface area contributed by atoms with Crippen LogP contribution in [0.2, 0.25) is 0 Å². The smallest absolute Gasteiger partial charge is 0.228 e. The first-order valence-electron chi connectivity index (χ1n) is 7.56. The molecule has 1 saturated carbocycles. The number of benzene rings is 1. The summed E-state index contributed by atoms with van der Waals surface area (Å²) in [7, 11) is 0. The molecule has 1 heterocycles. The van der Waals surface area contributed by atoms with Crippen molar-refractivity contribution < 1.29 is 24.2 Å². The molecule has 1 amide bonds. The van der Waals surface area contributed by atoms with Crippen molar-refractivity contribution in [3.63, 3.8) is 0 Å². The van der Waals surface area contributed by atoms with E-state index in [0.717, 1.165) is 12.8 Å². The summed E-state index contributed by atoms with van der Waals surface area (Å²) < 4.78 is 10.9. The van der Waals surface area contributed by atoms with Gasteiger partial charge in [-0.05, 0) is 25.0 Å². The van der Waals surface area contributed by atoms with E-state index in [1.807, 2.05) is 0 Å². The zero-order valence-electron chi connectivity index (χ0n) is 12.2. The van der Waals surface area contributed by atoms with E-state index in [4.69, 9.17) is 9.47 Å². The lowest BCUT2D eigenvalue weighted by atomic mass is 9.78. The molecule has 1 aromatic carbocycles. The molecular weight excluding hydrogens is 286 g/mol. The zero-order valence-corrected chi connectivity index (χ0v) is 12.2. The maximum Gasteiger partial charge on any atom is 0.228 e. The molecule has 0 aromatic heterocycles. The summed E-state index contributed by atoms with van der Waals surface area (Å²) in [5.41, 5.74) is 0.580. The van der Waals surface area contributed by atoms with E-state index in [-0.39, 0.29) is 5.91 Å². The number of rotatable bonds is 3. The lowest BCUT2D eigenvalue weighted by Crippen LogP contribution is -2.42. The number of carbonyl (C=O) groups excluding carboxylic acids is 2. The molecule has 0 saturated heterocycles. The van der Waals surface area contributed by atoms with E-state index in [9.17, 15) is 14.7 Å². The zero-order chi connectivity index (χ0) is 15.5. The largest absolute Gasteiger partial charge is 0.550 e. The van der Waals surface area contributed by atoms with E-state index < -0.39 is 17.8 Å². The van der Waals surface area contributed by atoms with Crippen molar-refractivity contribution in [2.75, 3.05) is 18.5 Å². The predicted octanol–water partition coefficient (Wildman–Crippen LogP) is 0.953. The number of carboxylic acid groups (broad SMARTS) is 1. The standard InChI is InChI=1S/C16H19NO5/c18-15(11-3-1-2-4-12(11)16(19)20)17-10-5-6-13-14(9-10)22-8-7-21-13/h5-6,9,11-12H,1-4,7-8H2,(H,17,18)(H,19,20)/p-1/t11-,12-/m0/s1. The molecule has 6 heteroatoms. The van der Waals surface area contributed by atoms with Gasteiger partial charge in [0.15, 0.2) is 11.5 Å². The monoisotopic (exact) mass is 304 g/mol. The van der Waals surface area contributed by atoms with Crippen molar-refractivity contribution in [2.45, 2.75) is 25.7 Å². The molecule has 1 aliphatic heterocycles. The molecule has 22 heavy (non-hydrogen) atoms. The fourth-order valence-corrected chi connectivity index (χ4v) is 3.08. The molecule has 0 bridgehead atoms. The van der Waals surface area contributed by atoms with Crippen LogP contribution in [-0.2, 0) is 9.59 Å². The number of fused-ring (bicyclic) bond motifs is 1. The van der Waals surface area contributed by atoms with Gasteiger partial charge in [-0.1, -0.05) is 12.8 Å². The van der Waals surface area contributed by atoms with Crippen molar-refractivity contribution in [3.05, 3.63) is 18.2 Å². The summed E-state index contributed by atoms with van der Waals surface area (Å²) in [5, 5.41) is 14.0. The van der Waals surface area contributed by atoms with Gasteiger partial charge in [0.1, 0.15) is 13.2 Å². The number of carbonyl (C=O) groups is 2. The molecular formula is C16H18NO5-. The highest BCUT2D eigenvalue weighted by molar-refractivity contribution is 5.95. The average Bonchev–Trinajstić information content (AvgIpc) is 2.54. The van der Waals surface area contributed by atoms with Gasteiger partial charge < -0.3 is 24.7 Å². The molecule has 118 valence electrons. The van der Waals surface area contributed by atoms with Crippen LogP contribution in [0, 0.1) is 11.8 Å². The van der Waals surface area contributed by atoms with Gasteiger partial charge in [-0.2, -0.15) is 0 Å². The second kappa shape index (κ2) is 6.25. The Labute approximate surface area is 128 Å². The first-order chi connectivity index (χ1) is 10.6. The number of carboxylic acids is 1. The predicted molar refractivity (Wildman–Crippen MR) is 76.5 cm³/mol. The van der Waals surface area contributed by atoms with Crippen molar-refractivity contribution in [1.82, 2.24) is 0 Å². The van der Waals surface area contributed by atoms with Gasteiger partial charge in [-0.25, -0.2) is 0 Å². The summed E-state index contributed by atoms with van der Waals surface area (Å²) in [5.74, 6) is -1.41. The Morgan fingerprint density at radius 1 is 1.05 bits per heavy atom. The first kappa shape index (κ1) is 14.7. The fraction of sp³-hybridized carbons (Fsp3) is 0.500. The second-order valence-corrected chi connectivity index (χ2v) is 5.66. The molecule has 2 aliphatic rings.